The summed E-state index contributed by atoms with van der Waals surface area (Å²) in [5.41, 5.74) is 0.483. The fraction of sp³-hybridized carbons (Fsp3) is 0.400. The fourth-order valence-corrected chi connectivity index (χ4v) is 2.16. The molecule has 7 heteroatoms. The van der Waals surface area contributed by atoms with E-state index in [9.17, 15) is 9.18 Å². The van der Waals surface area contributed by atoms with Crippen LogP contribution >= 0.6 is 0 Å². The molecule has 0 bridgehead atoms. The van der Waals surface area contributed by atoms with E-state index in [1.807, 2.05) is 11.5 Å². The van der Waals surface area contributed by atoms with Crippen LogP contribution in [0, 0.1) is 5.82 Å². The first-order valence-electron chi connectivity index (χ1n) is 7.16. The lowest BCUT2D eigenvalue weighted by molar-refractivity contribution is 0.192. The number of urea groups is 1. The van der Waals surface area contributed by atoms with E-state index in [1.165, 1.54) is 11.0 Å². The number of halogens is 1. The zero-order valence-electron chi connectivity index (χ0n) is 13.0. The Kier molecular flexibility index (Phi) is 5.08. The molecule has 6 nitrogen and oxygen atoms in total. The molecular weight excluding hydrogens is 285 g/mol. The molecule has 1 heterocycles. The van der Waals surface area contributed by atoms with E-state index in [-0.39, 0.29) is 24.4 Å². The molecule has 2 amide bonds. The number of aromatic nitrogens is 3. The predicted octanol–water partition coefficient (Wildman–Crippen LogP) is 2.34. The molecular formula is C15H20FN5O. The summed E-state index contributed by atoms with van der Waals surface area (Å²) in [5.74, 6) is 0.364. The predicted molar refractivity (Wildman–Crippen MR) is 80.5 cm³/mol. The quantitative estimate of drug-likeness (QED) is 0.922. The van der Waals surface area contributed by atoms with Crippen molar-refractivity contribution in [2.75, 3.05) is 7.05 Å². The molecule has 1 aromatic carbocycles. The average Bonchev–Trinajstić information content (AvgIpc) is 2.99. The Morgan fingerprint density at radius 1 is 1.45 bits per heavy atom. The number of rotatable bonds is 5. The second kappa shape index (κ2) is 7.02. The third-order valence-electron chi connectivity index (χ3n) is 3.69. The Morgan fingerprint density at radius 2 is 2.18 bits per heavy atom. The molecule has 0 saturated carbocycles. The summed E-state index contributed by atoms with van der Waals surface area (Å²) in [4.78, 5) is 13.7. The zero-order chi connectivity index (χ0) is 16.1. The van der Waals surface area contributed by atoms with E-state index >= 15 is 0 Å². The van der Waals surface area contributed by atoms with Gasteiger partial charge in [0.15, 0.2) is 5.82 Å². The van der Waals surface area contributed by atoms with Crippen molar-refractivity contribution in [1.82, 2.24) is 25.0 Å². The van der Waals surface area contributed by atoms with E-state index in [0.29, 0.717) is 11.4 Å². The maximum Gasteiger partial charge on any atom is 0.318 e. The van der Waals surface area contributed by atoms with Crippen LogP contribution < -0.4 is 5.32 Å². The maximum atomic E-state index is 13.8. The third-order valence-corrected chi connectivity index (χ3v) is 3.69. The summed E-state index contributed by atoms with van der Waals surface area (Å²) in [6.07, 6.45) is 1.62. The lowest BCUT2D eigenvalue weighted by Gasteiger charge is -2.25. The summed E-state index contributed by atoms with van der Waals surface area (Å²) in [7, 11) is 1.64. The first-order chi connectivity index (χ1) is 10.5. The normalized spacial score (nSPS) is 12.0. The van der Waals surface area contributed by atoms with Crippen LogP contribution in [0.4, 0.5) is 9.18 Å². The molecule has 0 radical (unpaired) electrons. The van der Waals surface area contributed by atoms with Crippen LogP contribution in [0.15, 0.2) is 30.6 Å². The second-order valence-electron chi connectivity index (χ2n) is 5.00. The van der Waals surface area contributed by atoms with Crippen LogP contribution in [0.2, 0.25) is 0 Å². The number of amides is 2. The van der Waals surface area contributed by atoms with Gasteiger partial charge >= 0.3 is 6.03 Å². The lowest BCUT2D eigenvalue weighted by Crippen LogP contribution is -2.39. The third kappa shape index (κ3) is 3.41. The summed E-state index contributed by atoms with van der Waals surface area (Å²) in [6, 6.07) is 5.79. The Labute approximate surface area is 129 Å². The van der Waals surface area contributed by atoms with Crippen molar-refractivity contribution in [3.05, 3.63) is 47.8 Å². The molecule has 1 N–H and O–H groups in total. The monoisotopic (exact) mass is 305 g/mol. The number of hydrogen-bond acceptors (Lipinski definition) is 3. The van der Waals surface area contributed by atoms with Crippen LogP contribution in [-0.2, 0) is 13.1 Å². The van der Waals surface area contributed by atoms with E-state index in [1.54, 1.807) is 38.5 Å². The van der Waals surface area contributed by atoms with Gasteiger partial charge in [-0.1, -0.05) is 18.2 Å². The van der Waals surface area contributed by atoms with E-state index in [2.05, 4.69) is 15.5 Å². The first-order valence-corrected chi connectivity index (χ1v) is 7.16. The molecule has 0 aliphatic heterocycles. The van der Waals surface area contributed by atoms with Gasteiger partial charge in [-0.15, -0.1) is 10.2 Å². The zero-order valence-corrected chi connectivity index (χ0v) is 13.0. The van der Waals surface area contributed by atoms with Crippen molar-refractivity contribution < 1.29 is 9.18 Å². The molecule has 2 rings (SSSR count). The largest absolute Gasteiger partial charge is 0.331 e. The summed E-state index contributed by atoms with van der Waals surface area (Å²) >= 11 is 0. The van der Waals surface area contributed by atoms with Gasteiger partial charge in [0, 0.05) is 19.2 Å². The van der Waals surface area contributed by atoms with Crippen LogP contribution in [0.25, 0.3) is 0 Å². The minimum absolute atomic E-state index is 0.279. The Balaban J connectivity index is 1.99. The molecule has 2 aromatic rings. The van der Waals surface area contributed by atoms with Crippen LogP contribution in [0.3, 0.4) is 0 Å². The van der Waals surface area contributed by atoms with Gasteiger partial charge in [0.05, 0.1) is 12.6 Å². The first kappa shape index (κ1) is 15.9. The number of carbonyl (C=O) groups is 1. The highest BCUT2D eigenvalue weighted by Gasteiger charge is 2.20. The maximum absolute atomic E-state index is 13.8. The van der Waals surface area contributed by atoms with Crippen LogP contribution in [0.5, 0.6) is 0 Å². The molecule has 0 unspecified atom stereocenters. The minimum atomic E-state index is -0.370. The van der Waals surface area contributed by atoms with Crippen LogP contribution in [-0.4, -0.2) is 32.7 Å². The highest BCUT2D eigenvalue weighted by molar-refractivity contribution is 5.74. The summed E-state index contributed by atoms with van der Waals surface area (Å²) in [5, 5.41) is 10.5. The van der Waals surface area contributed by atoms with Crippen LogP contribution in [0.1, 0.15) is 31.3 Å². The molecule has 0 aliphatic rings. The number of carbonyl (C=O) groups excluding carboxylic acids is 1. The van der Waals surface area contributed by atoms with E-state index in [0.717, 1.165) is 6.54 Å². The SMILES string of the molecule is CCn1cnnc1CNC(=O)N(C)[C@H](C)c1ccccc1F. The number of aryl methyl sites for hydroxylation is 1. The molecule has 1 aromatic heterocycles. The number of nitrogens with one attached hydrogen (secondary N) is 1. The van der Waals surface area contributed by atoms with Gasteiger partial charge in [0.2, 0.25) is 0 Å². The van der Waals surface area contributed by atoms with Crippen molar-refractivity contribution in [2.24, 2.45) is 0 Å². The van der Waals surface area contributed by atoms with E-state index in [4.69, 9.17) is 0 Å². The lowest BCUT2D eigenvalue weighted by atomic mass is 10.1. The topological polar surface area (TPSA) is 63.1 Å². The van der Waals surface area contributed by atoms with Gasteiger partial charge in [-0.3, -0.25) is 0 Å². The van der Waals surface area contributed by atoms with Gasteiger partial charge in [-0.05, 0) is 19.9 Å². The average molecular weight is 305 g/mol. The van der Waals surface area contributed by atoms with Crippen molar-refractivity contribution in [2.45, 2.75) is 33.0 Å². The van der Waals surface area contributed by atoms with Gasteiger partial charge in [-0.2, -0.15) is 0 Å². The van der Waals surface area contributed by atoms with Gasteiger partial charge < -0.3 is 14.8 Å². The van der Waals surface area contributed by atoms with Crippen molar-refractivity contribution in [3.8, 4) is 0 Å². The van der Waals surface area contributed by atoms with Gasteiger partial charge in [0.1, 0.15) is 12.1 Å². The summed E-state index contributed by atoms with van der Waals surface area (Å²) in [6.45, 7) is 4.77. The number of benzene rings is 1. The van der Waals surface area contributed by atoms with Gasteiger partial charge in [0.25, 0.3) is 0 Å². The van der Waals surface area contributed by atoms with E-state index < -0.39 is 0 Å². The van der Waals surface area contributed by atoms with Crippen molar-refractivity contribution in [1.29, 1.82) is 0 Å². The summed E-state index contributed by atoms with van der Waals surface area (Å²) < 4.78 is 15.6. The molecule has 22 heavy (non-hydrogen) atoms. The molecule has 1 atom stereocenters. The van der Waals surface area contributed by atoms with Gasteiger partial charge in [-0.25, -0.2) is 9.18 Å². The Morgan fingerprint density at radius 3 is 2.86 bits per heavy atom. The highest BCUT2D eigenvalue weighted by atomic mass is 19.1. The Hall–Kier alpha value is -2.44. The molecule has 0 fully saturated rings. The molecule has 0 spiro atoms. The molecule has 0 saturated heterocycles. The molecule has 0 aliphatic carbocycles. The number of hydrogen-bond donors (Lipinski definition) is 1. The minimum Gasteiger partial charge on any atom is -0.331 e. The van der Waals surface area contributed by atoms with Crippen molar-refractivity contribution in [3.63, 3.8) is 0 Å². The van der Waals surface area contributed by atoms with Crippen molar-refractivity contribution >= 4 is 6.03 Å². The fourth-order valence-electron chi connectivity index (χ4n) is 2.16. The number of nitrogens with zero attached hydrogens (tertiary/aromatic N) is 4. The molecule has 118 valence electrons. The highest BCUT2D eigenvalue weighted by Crippen LogP contribution is 2.21. The Bertz CT molecular complexity index is 642. The second-order valence-corrected chi connectivity index (χ2v) is 5.00. The smallest absolute Gasteiger partial charge is 0.318 e. The standard InChI is InChI=1S/C15H20FN5O/c1-4-21-10-18-19-14(21)9-17-15(22)20(3)11(2)12-7-5-6-8-13(12)16/h5-8,10-11H,4,9H2,1-3H3,(H,17,22)/t11-/m1/s1.